The molecule has 0 amide bonds. The van der Waals surface area contributed by atoms with E-state index in [0.29, 0.717) is 12.5 Å². The molecule has 0 radical (unpaired) electrons. The fourth-order valence-electron chi connectivity index (χ4n) is 1.54. The lowest BCUT2D eigenvalue weighted by Gasteiger charge is -1.99. The van der Waals surface area contributed by atoms with E-state index in [9.17, 15) is 0 Å². The number of nitrogens with two attached hydrogens (primary N) is 1. The van der Waals surface area contributed by atoms with Crippen LogP contribution in [0.1, 0.15) is 31.2 Å². The lowest BCUT2D eigenvalue weighted by atomic mass is 10.1. The molecule has 0 aliphatic carbocycles. The maximum absolute atomic E-state index is 5.61. The summed E-state index contributed by atoms with van der Waals surface area (Å²) in [7, 11) is 0. The highest BCUT2D eigenvalue weighted by atomic mass is 16.3. The van der Waals surface area contributed by atoms with Gasteiger partial charge < -0.3 is 10.2 Å². The molecule has 1 aromatic heterocycles. The van der Waals surface area contributed by atoms with Gasteiger partial charge in [-0.2, -0.15) is 0 Å². The van der Waals surface area contributed by atoms with Gasteiger partial charge in [0.1, 0.15) is 12.0 Å². The molecule has 3 heteroatoms. The van der Waals surface area contributed by atoms with Gasteiger partial charge in [0.15, 0.2) is 5.89 Å². The van der Waals surface area contributed by atoms with Crippen molar-refractivity contribution in [2.45, 2.75) is 26.3 Å². The average Bonchev–Trinajstić information content (AvgIpc) is 2.78. The second kappa shape index (κ2) is 4.49. The van der Waals surface area contributed by atoms with Crippen LogP contribution in [0.5, 0.6) is 0 Å². The molecule has 0 bridgehead atoms. The first-order valence-corrected chi connectivity index (χ1v) is 5.45. The molecule has 2 aromatic rings. The third-order valence-corrected chi connectivity index (χ3v) is 2.47. The van der Waals surface area contributed by atoms with E-state index in [1.54, 1.807) is 6.26 Å². The van der Waals surface area contributed by atoms with Gasteiger partial charge in [-0.05, 0) is 11.6 Å². The van der Waals surface area contributed by atoms with Crippen LogP contribution in [-0.4, -0.2) is 4.98 Å². The Hall–Kier alpha value is -1.61. The van der Waals surface area contributed by atoms with Gasteiger partial charge in [-0.3, -0.25) is 0 Å². The molecule has 0 unspecified atom stereocenters. The van der Waals surface area contributed by atoms with Crippen molar-refractivity contribution >= 4 is 0 Å². The van der Waals surface area contributed by atoms with E-state index in [2.05, 4.69) is 18.8 Å². The molecule has 0 saturated carbocycles. The van der Waals surface area contributed by atoms with Crippen molar-refractivity contribution in [3.05, 3.63) is 42.0 Å². The molecule has 2 rings (SSSR count). The van der Waals surface area contributed by atoms with Crippen LogP contribution in [0.2, 0.25) is 0 Å². The van der Waals surface area contributed by atoms with Crippen molar-refractivity contribution in [1.82, 2.24) is 4.98 Å². The third-order valence-electron chi connectivity index (χ3n) is 2.47. The van der Waals surface area contributed by atoms with Crippen LogP contribution in [-0.2, 0) is 6.54 Å². The van der Waals surface area contributed by atoms with Crippen molar-refractivity contribution < 1.29 is 4.42 Å². The molecule has 0 fully saturated rings. The molecule has 2 N–H and O–H groups in total. The summed E-state index contributed by atoms with van der Waals surface area (Å²) in [6.07, 6.45) is 1.70. The van der Waals surface area contributed by atoms with Crippen molar-refractivity contribution in [3.8, 4) is 11.3 Å². The van der Waals surface area contributed by atoms with Gasteiger partial charge in [-0.15, -0.1) is 0 Å². The molecular formula is C13H16N2O. The summed E-state index contributed by atoms with van der Waals surface area (Å²) < 4.78 is 5.41. The SMILES string of the molecule is CC(C)c1nc(-c2cccc(CN)c2)co1. The molecule has 0 aliphatic heterocycles. The Morgan fingerprint density at radius 2 is 2.19 bits per heavy atom. The van der Waals surface area contributed by atoms with Gasteiger partial charge in [0.2, 0.25) is 0 Å². The zero-order chi connectivity index (χ0) is 11.5. The predicted molar refractivity (Wildman–Crippen MR) is 63.9 cm³/mol. The van der Waals surface area contributed by atoms with E-state index in [4.69, 9.17) is 10.2 Å². The normalized spacial score (nSPS) is 11.0. The summed E-state index contributed by atoms with van der Waals surface area (Å²) in [4.78, 5) is 4.45. The first-order chi connectivity index (χ1) is 7.70. The van der Waals surface area contributed by atoms with Crippen LogP contribution in [0.4, 0.5) is 0 Å². The van der Waals surface area contributed by atoms with Crippen LogP contribution >= 0.6 is 0 Å². The fraction of sp³-hybridized carbons (Fsp3) is 0.308. The van der Waals surface area contributed by atoms with E-state index in [-0.39, 0.29) is 0 Å². The zero-order valence-electron chi connectivity index (χ0n) is 9.60. The van der Waals surface area contributed by atoms with Crippen molar-refractivity contribution in [2.24, 2.45) is 5.73 Å². The van der Waals surface area contributed by atoms with Crippen molar-refractivity contribution in [1.29, 1.82) is 0 Å². The Morgan fingerprint density at radius 1 is 1.38 bits per heavy atom. The van der Waals surface area contributed by atoms with E-state index in [0.717, 1.165) is 22.7 Å². The van der Waals surface area contributed by atoms with Gasteiger partial charge in [0.25, 0.3) is 0 Å². The minimum atomic E-state index is 0.312. The standard InChI is InChI=1S/C13H16N2O/c1-9(2)13-15-12(8-16-13)11-5-3-4-10(6-11)7-14/h3-6,8-9H,7,14H2,1-2H3. The zero-order valence-corrected chi connectivity index (χ0v) is 9.60. The van der Waals surface area contributed by atoms with Gasteiger partial charge in [0, 0.05) is 18.0 Å². The van der Waals surface area contributed by atoms with Crippen LogP contribution in [0.3, 0.4) is 0 Å². The van der Waals surface area contributed by atoms with Crippen molar-refractivity contribution in [3.63, 3.8) is 0 Å². The molecular weight excluding hydrogens is 200 g/mol. The number of oxazole rings is 1. The Labute approximate surface area is 95.3 Å². The first-order valence-electron chi connectivity index (χ1n) is 5.45. The minimum Gasteiger partial charge on any atom is -0.448 e. The lowest BCUT2D eigenvalue weighted by Crippen LogP contribution is -1.95. The highest BCUT2D eigenvalue weighted by Crippen LogP contribution is 2.22. The number of nitrogens with zero attached hydrogens (tertiary/aromatic N) is 1. The predicted octanol–water partition coefficient (Wildman–Crippen LogP) is 2.92. The topological polar surface area (TPSA) is 52.0 Å². The Kier molecular flexibility index (Phi) is 3.06. The molecule has 0 atom stereocenters. The Balaban J connectivity index is 2.34. The summed E-state index contributed by atoms with van der Waals surface area (Å²) in [5.41, 5.74) is 8.64. The van der Waals surface area contributed by atoms with Crippen LogP contribution in [0.25, 0.3) is 11.3 Å². The fourth-order valence-corrected chi connectivity index (χ4v) is 1.54. The number of benzene rings is 1. The lowest BCUT2D eigenvalue weighted by molar-refractivity contribution is 0.471. The summed E-state index contributed by atoms with van der Waals surface area (Å²) in [6, 6.07) is 8.05. The van der Waals surface area contributed by atoms with E-state index in [1.807, 2.05) is 24.3 Å². The molecule has 1 heterocycles. The summed E-state index contributed by atoms with van der Waals surface area (Å²) in [5.74, 6) is 1.08. The van der Waals surface area contributed by atoms with Gasteiger partial charge in [-0.25, -0.2) is 4.98 Å². The molecule has 84 valence electrons. The van der Waals surface area contributed by atoms with Crippen LogP contribution in [0, 0.1) is 0 Å². The monoisotopic (exact) mass is 216 g/mol. The Bertz CT molecular complexity index is 474. The second-order valence-electron chi connectivity index (χ2n) is 4.13. The van der Waals surface area contributed by atoms with Gasteiger partial charge >= 0.3 is 0 Å². The largest absolute Gasteiger partial charge is 0.448 e. The summed E-state index contributed by atoms with van der Waals surface area (Å²) in [6.45, 7) is 4.67. The van der Waals surface area contributed by atoms with Gasteiger partial charge in [-0.1, -0.05) is 32.0 Å². The molecule has 3 nitrogen and oxygen atoms in total. The highest BCUT2D eigenvalue weighted by Gasteiger charge is 2.09. The van der Waals surface area contributed by atoms with Gasteiger partial charge in [0.05, 0.1) is 0 Å². The third kappa shape index (κ3) is 2.14. The maximum Gasteiger partial charge on any atom is 0.197 e. The molecule has 16 heavy (non-hydrogen) atoms. The smallest absolute Gasteiger partial charge is 0.197 e. The van der Waals surface area contributed by atoms with E-state index in [1.165, 1.54) is 0 Å². The summed E-state index contributed by atoms with van der Waals surface area (Å²) >= 11 is 0. The van der Waals surface area contributed by atoms with Crippen molar-refractivity contribution in [2.75, 3.05) is 0 Å². The molecule has 0 aliphatic rings. The first kappa shape index (κ1) is 10.9. The van der Waals surface area contributed by atoms with Crippen LogP contribution in [0.15, 0.2) is 34.9 Å². The number of hydrogen-bond donors (Lipinski definition) is 1. The number of rotatable bonds is 3. The number of aromatic nitrogens is 1. The summed E-state index contributed by atoms with van der Waals surface area (Å²) in [5, 5.41) is 0. The molecule has 1 aromatic carbocycles. The Morgan fingerprint density at radius 3 is 2.81 bits per heavy atom. The van der Waals surface area contributed by atoms with E-state index >= 15 is 0 Å². The molecule has 0 spiro atoms. The van der Waals surface area contributed by atoms with E-state index < -0.39 is 0 Å². The highest BCUT2D eigenvalue weighted by molar-refractivity contribution is 5.58. The minimum absolute atomic E-state index is 0.312. The average molecular weight is 216 g/mol. The quantitative estimate of drug-likeness (QED) is 0.858. The number of hydrogen-bond acceptors (Lipinski definition) is 3. The second-order valence-corrected chi connectivity index (χ2v) is 4.13. The maximum atomic E-state index is 5.61. The van der Waals surface area contributed by atoms with Crippen LogP contribution < -0.4 is 5.73 Å². The molecule has 0 saturated heterocycles.